The van der Waals surface area contributed by atoms with Crippen LogP contribution in [-0.4, -0.2) is 40.9 Å². The van der Waals surface area contributed by atoms with Crippen LogP contribution in [0, 0.1) is 5.92 Å². The summed E-state index contributed by atoms with van der Waals surface area (Å²) in [5, 5.41) is 0. The Balaban J connectivity index is 1.69. The van der Waals surface area contributed by atoms with Gasteiger partial charge in [0, 0.05) is 6.04 Å². The zero-order chi connectivity index (χ0) is 16.8. The van der Waals surface area contributed by atoms with Gasteiger partial charge in [0.25, 0.3) is 5.91 Å². The summed E-state index contributed by atoms with van der Waals surface area (Å²) in [5.74, 6) is 0.486. The molecule has 2 fully saturated rings. The van der Waals surface area contributed by atoms with Crippen molar-refractivity contribution in [1.82, 2.24) is 9.88 Å². The monoisotopic (exact) mass is 343 g/mol. The fourth-order valence-electron chi connectivity index (χ4n) is 3.49. The van der Waals surface area contributed by atoms with Gasteiger partial charge in [-0.15, -0.1) is 11.3 Å². The number of thiazole rings is 1. The maximum absolute atomic E-state index is 13.0. The van der Waals surface area contributed by atoms with Crippen molar-refractivity contribution in [3.63, 3.8) is 0 Å². The number of rotatable bonds is 4. The van der Waals surface area contributed by atoms with Gasteiger partial charge in [-0.1, -0.05) is 12.1 Å². The molecule has 1 aromatic heterocycles. The molecule has 2 amide bonds. The molecule has 2 aromatic rings. The molecular weight excluding hydrogens is 326 g/mol. The molecule has 0 bridgehead atoms. The minimum atomic E-state index is -0.513. The van der Waals surface area contributed by atoms with Crippen molar-refractivity contribution in [2.75, 3.05) is 7.11 Å². The number of likely N-dealkylation sites (tertiary alicyclic amines) is 1. The number of carbonyl (C=O) groups excluding carboxylic acids is 2. The Labute approximate surface area is 143 Å². The number of carbonyl (C=O) groups is 2. The highest BCUT2D eigenvalue weighted by atomic mass is 32.1. The number of nitrogens with two attached hydrogens (primary N) is 1. The van der Waals surface area contributed by atoms with E-state index in [1.165, 1.54) is 11.3 Å². The highest BCUT2D eigenvalue weighted by Crippen LogP contribution is 2.48. The fraction of sp³-hybridized carbons (Fsp3) is 0.353. The van der Waals surface area contributed by atoms with Gasteiger partial charge < -0.3 is 15.4 Å². The van der Waals surface area contributed by atoms with E-state index in [0.29, 0.717) is 18.0 Å². The predicted molar refractivity (Wildman–Crippen MR) is 89.8 cm³/mol. The van der Waals surface area contributed by atoms with Gasteiger partial charge in [-0.05, 0) is 36.5 Å². The molecule has 0 radical (unpaired) electrons. The van der Waals surface area contributed by atoms with Gasteiger partial charge in [-0.2, -0.15) is 0 Å². The average molecular weight is 343 g/mol. The van der Waals surface area contributed by atoms with Crippen molar-refractivity contribution in [3.05, 3.63) is 35.5 Å². The molecule has 124 valence electrons. The standard InChI is InChI=1S/C17H17N3O3S/c1-23-11-4-2-3-9(5-11)15-14(19-8-24-15)17(22)20-12-6-10(12)7-13(20)16(18)21/h2-5,8,10,12-13H,6-7H2,1H3,(H2,18,21)/t10-,12-,13-/m0/s1. The number of piperidine rings is 1. The number of amides is 2. The zero-order valence-corrected chi connectivity index (χ0v) is 14.0. The van der Waals surface area contributed by atoms with Gasteiger partial charge in [-0.25, -0.2) is 4.98 Å². The van der Waals surface area contributed by atoms with Crippen LogP contribution in [-0.2, 0) is 4.79 Å². The molecule has 2 aliphatic rings. The number of hydrogen-bond acceptors (Lipinski definition) is 5. The number of ether oxygens (including phenoxy) is 1. The second kappa shape index (κ2) is 5.59. The van der Waals surface area contributed by atoms with E-state index in [-0.39, 0.29) is 11.9 Å². The van der Waals surface area contributed by atoms with Crippen LogP contribution in [0.5, 0.6) is 5.75 Å². The van der Waals surface area contributed by atoms with Crippen LogP contribution in [0.4, 0.5) is 0 Å². The SMILES string of the molecule is COc1cccc(-c2scnc2C(=O)N2[C@H](C(N)=O)C[C@@H]3C[C@@H]32)c1. The Morgan fingerprint density at radius 3 is 2.96 bits per heavy atom. The second-order valence-corrected chi connectivity index (χ2v) is 7.05. The Hall–Kier alpha value is -2.41. The number of fused-ring (bicyclic) bond motifs is 1. The average Bonchev–Trinajstić information content (AvgIpc) is 3.03. The van der Waals surface area contributed by atoms with E-state index in [2.05, 4.69) is 4.98 Å². The molecule has 1 aromatic carbocycles. The number of hydrogen-bond donors (Lipinski definition) is 1. The van der Waals surface area contributed by atoms with Crippen LogP contribution in [0.3, 0.4) is 0 Å². The van der Waals surface area contributed by atoms with E-state index in [0.717, 1.165) is 22.6 Å². The van der Waals surface area contributed by atoms with Crippen LogP contribution < -0.4 is 10.5 Å². The number of methoxy groups -OCH3 is 1. The number of nitrogens with zero attached hydrogens (tertiary/aromatic N) is 2. The molecule has 7 heteroatoms. The highest BCUT2D eigenvalue weighted by Gasteiger charge is 2.56. The largest absolute Gasteiger partial charge is 0.497 e. The molecular formula is C17H17N3O3S. The van der Waals surface area contributed by atoms with E-state index >= 15 is 0 Å². The fourth-order valence-corrected chi connectivity index (χ4v) is 4.27. The molecule has 24 heavy (non-hydrogen) atoms. The molecule has 1 saturated carbocycles. The van der Waals surface area contributed by atoms with Crippen LogP contribution >= 0.6 is 11.3 Å². The summed E-state index contributed by atoms with van der Waals surface area (Å²) in [5.41, 5.74) is 8.40. The molecule has 2 heterocycles. The van der Waals surface area contributed by atoms with Crippen molar-refractivity contribution < 1.29 is 14.3 Å². The zero-order valence-electron chi connectivity index (χ0n) is 13.1. The van der Waals surface area contributed by atoms with Crippen LogP contribution in [0.25, 0.3) is 10.4 Å². The number of aromatic nitrogens is 1. The lowest BCUT2D eigenvalue weighted by molar-refractivity contribution is -0.122. The summed E-state index contributed by atoms with van der Waals surface area (Å²) >= 11 is 1.40. The molecule has 1 aliphatic carbocycles. The Morgan fingerprint density at radius 2 is 2.21 bits per heavy atom. The topological polar surface area (TPSA) is 85.5 Å². The van der Waals surface area contributed by atoms with Crippen LogP contribution in [0.15, 0.2) is 29.8 Å². The molecule has 1 saturated heterocycles. The minimum absolute atomic E-state index is 0.134. The summed E-state index contributed by atoms with van der Waals surface area (Å²) < 4.78 is 5.25. The third kappa shape index (κ3) is 2.36. The summed E-state index contributed by atoms with van der Waals surface area (Å²) in [6.45, 7) is 0. The lowest BCUT2D eigenvalue weighted by Gasteiger charge is -2.24. The predicted octanol–water partition coefficient (Wildman–Crippen LogP) is 1.91. The van der Waals surface area contributed by atoms with E-state index in [1.807, 2.05) is 24.3 Å². The number of primary amides is 1. The van der Waals surface area contributed by atoms with Crippen molar-refractivity contribution in [3.8, 4) is 16.2 Å². The number of benzene rings is 1. The highest BCUT2D eigenvalue weighted by molar-refractivity contribution is 7.13. The molecule has 1 aliphatic heterocycles. The van der Waals surface area contributed by atoms with Gasteiger partial charge in [-0.3, -0.25) is 9.59 Å². The Bertz CT molecular complexity index is 819. The van der Waals surface area contributed by atoms with E-state index in [1.54, 1.807) is 17.5 Å². The normalized spacial score (nSPS) is 24.5. The first-order valence-electron chi connectivity index (χ1n) is 7.80. The summed E-state index contributed by atoms with van der Waals surface area (Å²) in [6, 6.07) is 7.14. The Morgan fingerprint density at radius 1 is 1.38 bits per heavy atom. The van der Waals surface area contributed by atoms with E-state index in [4.69, 9.17) is 10.5 Å². The smallest absolute Gasteiger partial charge is 0.274 e. The summed E-state index contributed by atoms with van der Waals surface area (Å²) in [7, 11) is 1.60. The third-order valence-corrected chi connectivity index (χ3v) is 5.64. The van der Waals surface area contributed by atoms with Gasteiger partial charge in [0.1, 0.15) is 17.5 Å². The van der Waals surface area contributed by atoms with E-state index in [9.17, 15) is 9.59 Å². The first-order chi connectivity index (χ1) is 11.6. The van der Waals surface area contributed by atoms with E-state index < -0.39 is 11.9 Å². The molecule has 4 rings (SSSR count). The molecule has 6 nitrogen and oxygen atoms in total. The molecule has 3 atom stereocenters. The summed E-state index contributed by atoms with van der Waals surface area (Å²) in [4.78, 5) is 31.4. The van der Waals surface area contributed by atoms with Gasteiger partial charge in [0.15, 0.2) is 0 Å². The molecule has 0 unspecified atom stereocenters. The van der Waals surface area contributed by atoms with Crippen molar-refractivity contribution in [2.45, 2.75) is 24.9 Å². The molecule has 0 spiro atoms. The Kier molecular flexibility index (Phi) is 3.53. The summed E-state index contributed by atoms with van der Waals surface area (Å²) in [6.07, 6.45) is 1.62. The van der Waals surface area contributed by atoms with Crippen LogP contribution in [0.1, 0.15) is 23.3 Å². The van der Waals surface area contributed by atoms with Gasteiger partial charge in [0.05, 0.1) is 17.5 Å². The molecule has 2 N–H and O–H groups in total. The maximum atomic E-state index is 13.0. The maximum Gasteiger partial charge on any atom is 0.274 e. The lowest BCUT2D eigenvalue weighted by atomic mass is 10.1. The van der Waals surface area contributed by atoms with Crippen molar-refractivity contribution in [1.29, 1.82) is 0 Å². The third-order valence-electron chi connectivity index (χ3n) is 4.77. The van der Waals surface area contributed by atoms with Crippen molar-refractivity contribution >= 4 is 23.2 Å². The first kappa shape index (κ1) is 15.1. The quantitative estimate of drug-likeness (QED) is 0.919. The van der Waals surface area contributed by atoms with Crippen molar-refractivity contribution in [2.24, 2.45) is 11.7 Å². The minimum Gasteiger partial charge on any atom is -0.497 e. The van der Waals surface area contributed by atoms with Gasteiger partial charge in [0.2, 0.25) is 5.91 Å². The first-order valence-corrected chi connectivity index (χ1v) is 8.68. The van der Waals surface area contributed by atoms with Gasteiger partial charge >= 0.3 is 0 Å². The van der Waals surface area contributed by atoms with Crippen LogP contribution in [0.2, 0.25) is 0 Å². The lowest BCUT2D eigenvalue weighted by Crippen LogP contribution is -2.46. The second-order valence-electron chi connectivity index (χ2n) is 6.19.